The van der Waals surface area contributed by atoms with Gasteiger partial charge in [0.2, 0.25) is 0 Å². The second-order valence-electron chi connectivity index (χ2n) is 7.29. The number of nitrogens with one attached hydrogen (secondary N) is 1. The summed E-state index contributed by atoms with van der Waals surface area (Å²) in [7, 11) is 1.94. The topological polar surface area (TPSA) is 90.9 Å². The fourth-order valence-corrected chi connectivity index (χ4v) is 4.65. The van der Waals surface area contributed by atoms with Gasteiger partial charge in [0.25, 0.3) is 10.2 Å². The summed E-state index contributed by atoms with van der Waals surface area (Å²) < 4.78 is 33.7. The van der Waals surface area contributed by atoms with Crippen LogP contribution in [0, 0.1) is 0 Å². The zero-order chi connectivity index (χ0) is 19.4. The van der Waals surface area contributed by atoms with E-state index < -0.39 is 10.2 Å². The van der Waals surface area contributed by atoms with E-state index in [0.717, 1.165) is 37.6 Å². The Morgan fingerprint density at radius 3 is 2.63 bits per heavy atom. The third-order valence-electron chi connectivity index (χ3n) is 4.98. The number of morpholine rings is 1. The maximum Gasteiger partial charge on any atom is 0.282 e. The first-order chi connectivity index (χ1) is 12.9. The molecule has 0 unspecified atom stereocenters. The maximum atomic E-state index is 12.8. The summed E-state index contributed by atoms with van der Waals surface area (Å²) in [4.78, 5) is 11.3. The van der Waals surface area contributed by atoms with Crippen molar-refractivity contribution >= 4 is 16.0 Å². The average molecular weight is 399 g/mol. The molecule has 3 rings (SSSR count). The molecule has 0 spiro atoms. The molecule has 0 aromatic carbocycles. The molecule has 10 heteroatoms. The van der Waals surface area contributed by atoms with Crippen LogP contribution in [0.4, 0.5) is 5.82 Å². The second kappa shape index (κ2) is 8.78. The van der Waals surface area contributed by atoms with Crippen molar-refractivity contribution < 1.29 is 13.2 Å². The highest BCUT2D eigenvalue weighted by molar-refractivity contribution is 7.86. The maximum absolute atomic E-state index is 12.8. The summed E-state index contributed by atoms with van der Waals surface area (Å²) >= 11 is 0. The van der Waals surface area contributed by atoms with E-state index in [1.54, 1.807) is 7.05 Å². The number of anilines is 1. The van der Waals surface area contributed by atoms with Gasteiger partial charge in [-0.05, 0) is 19.4 Å². The fourth-order valence-electron chi connectivity index (χ4n) is 3.35. The van der Waals surface area contributed by atoms with Gasteiger partial charge in [0.05, 0.1) is 25.5 Å². The Hall–Kier alpha value is -1.33. The van der Waals surface area contributed by atoms with E-state index in [4.69, 9.17) is 14.7 Å². The van der Waals surface area contributed by atoms with E-state index in [9.17, 15) is 8.42 Å². The van der Waals surface area contributed by atoms with Crippen LogP contribution in [0.3, 0.4) is 0 Å². The first kappa shape index (κ1) is 20.4. The fraction of sp³-hybridized carbons (Fsp3) is 0.765. The minimum absolute atomic E-state index is 0.218. The highest BCUT2D eigenvalue weighted by Gasteiger charge is 2.29. The van der Waals surface area contributed by atoms with Gasteiger partial charge in [-0.15, -0.1) is 0 Å². The van der Waals surface area contributed by atoms with E-state index in [-0.39, 0.29) is 12.5 Å². The molecule has 152 valence electrons. The van der Waals surface area contributed by atoms with Crippen molar-refractivity contribution in [3.05, 3.63) is 17.6 Å². The van der Waals surface area contributed by atoms with Crippen LogP contribution in [0.1, 0.15) is 30.3 Å². The van der Waals surface area contributed by atoms with Gasteiger partial charge in [0.15, 0.2) is 0 Å². The molecule has 2 fully saturated rings. The van der Waals surface area contributed by atoms with E-state index in [2.05, 4.69) is 5.32 Å². The average Bonchev–Trinajstić information content (AvgIpc) is 2.69. The second-order valence-corrected chi connectivity index (χ2v) is 9.32. The minimum atomic E-state index is -3.53. The van der Waals surface area contributed by atoms with Crippen LogP contribution in [0.15, 0.2) is 6.07 Å². The van der Waals surface area contributed by atoms with Crippen LogP contribution < -0.4 is 10.2 Å². The third-order valence-corrected chi connectivity index (χ3v) is 6.91. The van der Waals surface area contributed by atoms with E-state index >= 15 is 0 Å². The Labute approximate surface area is 161 Å². The molecule has 9 nitrogen and oxygen atoms in total. The summed E-state index contributed by atoms with van der Waals surface area (Å²) in [6.45, 7) is 3.75. The lowest BCUT2D eigenvalue weighted by atomic mass is 9.99. The quantitative estimate of drug-likeness (QED) is 0.722. The van der Waals surface area contributed by atoms with Crippen LogP contribution in [0.25, 0.3) is 0 Å². The lowest BCUT2D eigenvalue weighted by Crippen LogP contribution is -2.47. The molecule has 2 saturated heterocycles. The van der Waals surface area contributed by atoms with Crippen LogP contribution in [0.2, 0.25) is 0 Å². The number of piperidine rings is 1. The first-order valence-electron chi connectivity index (χ1n) is 9.43. The summed E-state index contributed by atoms with van der Waals surface area (Å²) in [5.74, 6) is 1.86. The molecule has 0 bridgehead atoms. The molecule has 1 aromatic heterocycles. The molecule has 0 amide bonds. The summed E-state index contributed by atoms with van der Waals surface area (Å²) in [6, 6.07) is 1.87. The molecule has 2 aliphatic heterocycles. The van der Waals surface area contributed by atoms with Crippen molar-refractivity contribution in [3.63, 3.8) is 0 Å². The van der Waals surface area contributed by atoms with Gasteiger partial charge in [-0.25, -0.2) is 9.97 Å². The van der Waals surface area contributed by atoms with Gasteiger partial charge in [0, 0.05) is 52.8 Å². The molecule has 0 aliphatic carbocycles. The summed E-state index contributed by atoms with van der Waals surface area (Å²) in [5.41, 5.74) is 0.716. The Bertz CT molecular complexity index is 730. The van der Waals surface area contributed by atoms with E-state index in [0.29, 0.717) is 32.0 Å². The number of hydrogen-bond donors (Lipinski definition) is 1. The van der Waals surface area contributed by atoms with Crippen molar-refractivity contribution in [3.8, 4) is 0 Å². The normalized spacial score (nSPS) is 22.1. The molecule has 27 heavy (non-hydrogen) atoms. The predicted molar refractivity (Wildman–Crippen MR) is 104 cm³/mol. The largest absolute Gasteiger partial charge is 0.379 e. The predicted octanol–water partition coefficient (Wildman–Crippen LogP) is 0.0184. The number of nitrogens with zero attached hydrogens (tertiary/aromatic N) is 5. The molecule has 2 aliphatic rings. The van der Waals surface area contributed by atoms with Gasteiger partial charge >= 0.3 is 0 Å². The highest BCUT2D eigenvalue weighted by atomic mass is 32.2. The van der Waals surface area contributed by atoms with Crippen LogP contribution in [0.5, 0.6) is 0 Å². The van der Waals surface area contributed by atoms with Gasteiger partial charge < -0.3 is 15.0 Å². The molecular weight excluding hydrogens is 368 g/mol. The lowest BCUT2D eigenvalue weighted by Gasteiger charge is -2.30. The number of aromatic nitrogens is 2. The van der Waals surface area contributed by atoms with E-state index in [1.807, 2.05) is 25.1 Å². The molecule has 0 radical (unpaired) electrons. The zero-order valence-electron chi connectivity index (χ0n) is 16.4. The summed E-state index contributed by atoms with van der Waals surface area (Å²) in [5, 5.41) is 3.39. The Morgan fingerprint density at radius 1 is 1.26 bits per heavy atom. The standard InChI is InChI=1S/C17H30N6O3S/c1-21(2)16-11-15(19-17(20-16)14-5-4-6-18-12-14)13-22(3)27(24,25)23-7-9-26-10-8-23/h11,14,18H,4-10,12-13H2,1-3H3/t14-/m0/s1. The van der Waals surface area contributed by atoms with Crippen LogP contribution in [-0.2, 0) is 21.5 Å². The zero-order valence-corrected chi connectivity index (χ0v) is 17.2. The van der Waals surface area contributed by atoms with Crippen molar-refractivity contribution in [1.82, 2.24) is 23.9 Å². The first-order valence-corrected chi connectivity index (χ1v) is 10.8. The molecule has 1 aromatic rings. The SMILES string of the molecule is CN(C)c1cc(CN(C)S(=O)(=O)N2CCOCC2)nc([C@H]2CCCNC2)n1. The summed E-state index contributed by atoms with van der Waals surface area (Å²) in [6.07, 6.45) is 2.14. The lowest BCUT2D eigenvalue weighted by molar-refractivity contribution is 0.0705. The van der Waals surface area contributed by atoms with Gasteiger partial charge in [0.1, 0.15) is 11.6 Å². The smallest absolute Gasteiger partial charge is 0.282 e. The molecule has 0 saturated carbocycles. The number of hydrogen-bond acceptors (Lipinski definition) is 7. The van der Waals surface area contributed by atoms with Gasteiger partial charge in [-0.1, -0.05) is 0 Å². The third kappa shape index (κ3) is 4.94. The van der Waals surface area contributed by atoms with Crippen molar-refractivity contribution in [2.24, 2.45) is 0 Å². The minimum Gasteiger partial charge on any atom is -0.379 e. The van der Waals surface area contributed by atoms with Gasteiger partial charge in [-0.3, -0.25) is 0 Å². The van der Waals surface area contributed by atoms with Gasteiger partial charge in [-0.2, -0.15) is 17.0 Å². The van der Waals surface area contributed by atoms with Crippen LogP contribution >= 0.6 is 0 Å². The highest BCUT2D eigenvalue weighted by Crippen LogP contribution is 2.23. The molecule has 1 atom stereocenters. The number of ether oxygens (including phenoxy) is 1. The molecule has 1 N–H and O–H groups in total. The van der Waals surface area contributed by atoms with E-state index in [1.165, 1.54) is 8.61 Å². The number of rotatable bonds is 6. The van der Waals surface area contributed by atoms with Crippen molar-refractivity contribution in [2.45, 2.75) is 25.3 Å². The molecule has 3 heterocycles. The Balaban J connectivity index is 1.81. The van der Waals surface area contributed by atoms with Crippen molar-refractivity contribution in [2.75, 3.05) is 65.4 Å². The monoisotopic (exact) mass is 398 g/mol. The molecular formula is C17H30N6O3S. The van der Waals surface area contributed by atoms with Crippen molar-refractivity contribution in [1.29, 1.82) is 0 Å². The van der Waals surface area contributed by atoms with Crippen LogP contribution in [-0.4, -0.2) is 87.5 Å². The Kier molecular flexibility index (Phi) is 6.64. The Morgan fingerprint density at radius 2 is 2.00 bits per heavy atom.